The fourth-order valence-corrected chi connectivity index (χ4v) is 6.81. The lowest BCUT2D eigenvalue weighted by Crippen LogP contribution is -2.55. The van der Waals surface area contributed by atoms with Crippen LogP contribution in [0.4, 0.5) is 14.4 Å². The molecular formula is C40H65N7O9. The van der Waals surface area contributed by atoms with E-state index in [9.17, 15) is 29.1 Å². The lowest BCUT2D eigenvalue weighted by Gasteiger charge is -2.39. The molecule has 0 aliphatic carbocycles. The van der Waals surface area contributed by atoms with E-state index >= 15 is 0 Å². The number of aliphatic hydroxyl groups is 1. The topological polar surface area (TPSA) is 165 Å². The number of rotatable bonds is 7. The zero-order valence-electron chi connectivity index (χ0n) is 35.0. The number of nitrogens with zero attached hydrogens (tertiary/aromatic N) is 6. The Kier molecular flexibility index (Phi) is 14.8. The molecule has 1 unspecified atom stereocenters. The van der Waals surface area contributed by atoms with E-state index in [1.807, 2.05) is 25.7 Å². The maximum atomic E-state index is 13.4. The number of hydrogen-bond donors (Lipinski definition) is 2. The smallest absolute Gasteiger partial charge is 0.410 e. The standard InChI is InChI=1S/C40H65N7O9/c1-37(2,3)54-34(50)44-19-16-41-15-18-42(20-23-44)28-40(53,14-17-47-32(48)30-12-10-11-13-31(30)33(47)49)29-43-21-24-45(35(51)55-38(4,5)6)26-27-46(25-22-43)36(52)56-39(7,8)9/h10-13,41,53H,14-29H2,1-9H3. The summed E-state index contributed by atoms with van der Waals surface area (Å²) in [4.78, 5) is 76.7. The van der Waals surface area contributed by atoms with Gasteiger partial charge in [0.05, 0.1) is 16.7 Å². The van der Waals surface area contributed by atoms with Crippen LogP contribution in [0.15, 0.2) is 24.3 Å². The SMILES string of the molecule is CC(C)(C)OC(=O)N1CCNCCN(CC(O)(CCN2C(=O)c3ccccc3C2=O)CN2CCN(C(=O)OC(C)(C)C)CCN(C(=O)OC(C)(C)C)CC2)CC1. The molecule has 3 aliphatic rings. The van der Waals surface area contributed by atoms with Crippen molar-refractivity contribution < 1.29 is 43.3 Å². The van der Waals surface area contributed by atoms with Crippen LogP contribution in [0.2, 0.25) is 0 Å². The van der Waals surface area contributed by atoms with E-state index in [0.29, 0.717) is 63.5 Å². The molecule has 0 spiro atoms. The minimum absolute atomic E-state index is 0.0269. The number of hydrogen-bond acceptors (Lipinski definition) is 12. The van der Waals surface area contributed by atoms with Gasteiger partial charge in [-0.15, -0.1) is 0 Å². The molecular weight excluding hydrogens is 722 g/mol. The van der Waals surface area contributed by atoms with Crippen LogP contribution in [-0.4, -0.2) is 185 Å². The molecule has 5 amide bonds. The van der Waals surface area contributed by atoms with Gasteiger partial charge >= 0.3 is 18.3 Å². The number of β-amino-alcohol motifs (C(OH)–C–C–N with tert-alkyl or cyclic N) is 1. The molecule has 0 bridgehead atoms. The van der Waals surface area contributed by atoms with Crippen LogP contribution in [0.5, 0.6) is 0 Å². The summed E-state index contributed by atoms with van der Waals surface area (Å²) < 4.78 is 17.1. The monoisotopic (exact) mass is 787 g/mol. The van der Waals surface area contributed by atoms with Gasteiger partial charge < -0.3 is 39.3 Å². The van der Waals surface area contributed by atoms with Crippen molar-refractivity contribution >= 4 is 30.1 Å². The van der Waals surface area contributed by atoms with Crippen molar-refractivity contribution in [3.05, 3.63) is 35.4 Å². The Morgan fingerprint density at radius 1 is 0.589 bits per heavy atom. The minimum Gasteiger partial charge on any atom is -0.444 e. The fourth-order valence-electron chi connectivity index (χ4n) is 6.81. The van der Waals surface area contributed by atoms with Crippen LogP contribution in [0.3, 0.4) is 0 Å². The summed E-state index contributed by atoms with van der Waals surface area (Å²) in [5.74, 6) is -0.812. The first-order valence-electron chi connectivity index (χ1n) is 19.8. The van der Waals surface area contributed by atoms with Crippen LogP contribution in [0.1, 0.15) is 89.5 Å². The summed E-state index contributed by atoms with van der Waals surface area (Å²) in [6, 6.07) is 6.69. The Morgan fingerprint density at radius 3 is 1.36 bits per heavy atom. The third-order valence-electron chi connectivity index (χ3n) is 9.53. The molecule has 3 heterocycles. The van der Waals surface area contributed by atoms with Crippen molar-refractivity contribution in [2.45, 2.75) is 91.1 Å². The highest BCUT2D eigenvalue weighted by molar-refractivity contribution is 6.21. The molecule has 1 aromatic carbocycles. The summed E-state index contributed by atoms with van der Waals surface area (Å²) in [7, 11) is 0. The Morgan fingerprint density at radius 2 is 0.946 bits per heavy atom. The van der Waals surface area contributed by atoms with Crippen LogP contribution >= 0.6 is 0 Å². The average molecular weight is 788 g/mol. The van der Waals surface area contributed by atoms with Gasteiger partial charge in [0.25, 0.3) is 11.8 Å². The van der Waals surface area contributed by atoms with Gasteiger partial charge in [0, 0.05) is 98.2 Å². The van der Waals surface area contributed by atoms with E-state index < -0.39 is 52.5 Å². The Bertz CT molecular complexity index is 1480. The largest absolute Gasteiger partial charge is 0.444 e. The second-order valence-corrected chi connectivity index (χ2v) is 18.0. The number of amides is 5. The van der Waals surface area contributed by atoms with Crippen molar-refractivity contribution in [2.24, 2.45) is 0 Å². The summed E-state index contributed by atoms with van der Waals surface area (Å²) in [5, 5.41) is 16.1. The highest BCUT2D eigenvalue weighted by atomic mass is 16.6. The molecule has 1 aromatic rings. The maximum absolute atomic E-state index is 13.4. The normalized spacial score (nSPS) is 19.8. The van der Waals surface area contributed by atoms with E-state index in [1.54, 1.807) is 80.5 Å². The van der Waals surface area contributed by atoms with Crippen molar-refractivity contribution in [1.82, 2.24) is 34.7 Å². The second kappa shape index (κ2) is 18.5. The minimum atomic E-state index is -1.48. The lowest BCUT2D eigenvalue weighted by molar-refractivity contribution is -0.0367. The molecule has 0 saturated carbocycles. The molecule has 16 heteroatoms. The molecule has 2 fully saturated rings. The van der Waals surface area contributed by atoms with Gasteiger partial charge in [0.15, 0.2) is 0 Å². The first-order chi connectivity index (χ1) is 26.0. The van der Waals surface area contributed by atoms with Crippen LogP contribution in [-0.2, 0) is 14.2 Å². The maximum Gasteiger partial charge on any atom is 0.410 e. The van der Waals surface area contributed by atoms with Gasteiger partial charge in [0.1, 0.15) is 16.8 Å². The number of ether oxygens (including phenoxy) is 3. The Balaban J connectivity index is 1.61. The number of carbonyl (C=O) groups excluding carboxylic acids is 5. The lowest BCUT2D eigenvalue weighted by atomic mass is 9.96. The number of fused-ring (bicyclic) bond motifs is 1. The van der Waals surface area contributed by atoms with Crippen molar-refractivity contribution in [1.29, 1.82) is 0 Å². The van der Waals surface area contributed by atoms with E-state index in [-0.39, 0.29) is 52.2 Å². The first-order valence-corrected chi connectivity index (χ1v) is 19.8. The molecule has 56 heavy (non-hydrogen) atoms. The third kappa shape index (κ3) is 13.6. The predicted octanol–water partition coefficient (Wildman–Crippen LogP) is 3.34. The molecule has 0 aromatic heterocycles. The van der Waals surface area contributed by atoms with Crippen LogP contribution in [0.25, 0.3) is 0 Å². The van der Waals surface area contributed by atoms with Crippen molar-refractivity contribution in [2.75, 3.05) is 98.2 Å². The molecule has 4 rings (SSSR count). The summed E-state index contributed by atoms with van der Waals surface area (Å²) in [6.45, 7) is 21.2. The van der Waals surface area contributed by atoms with Gasteiger partial charge in [-0.2, -0.15) is 0 Å². The van der Waals surface area contributed by atoms with Crippen LogP contribution < -0.4 is 5.32 Å². The summed E-state index contributed by atoms with van der Waals surface area (Å²) >= 11 is 0. The van der Waals surface area contributed by atoms with Gasteiger partial charge in [0.2, 0.25) is 0 Å². The fraction of sp³-hybridized carbons (Fsp3) is 0.725. The quantitative estimate of drug-likeness (QED) is 0.307. The zero-order valence-corrected chi connectivity index (χ0v) is 35.0. The molecule has 1 atom stereocenters. The highest BCUT2D eigenvalue weighted by Crippen LogP contribution is 2.25. The predicted molar refractivity (Wildman–Crippen MR) is 211 cm³/mol. The Hall–Kier alpha value is -3.99. The number of imide groups is 1. The highest BCUT2D eigenvalue weighted by Gasteiger charge is 2.40. The van der Waals surface area contributed by atoms with Gasteiger partial charge in [-0.05, 0) is 80.9 Å². The number of benzene rings is 1. The van der Waals surface area contributed by atoms with E-state index in [0.717, 1.165) is 0 Å². The van der Waals surface area contributed by atoms with Crippen LogP contribution in [0, 0.1) is 0 Å². The van der Waals surface area contributed by atoms with E-state index in [4.69, 9.17) is 14.2 Å². The third-order valence-corrected chi connectivity index (χ3v) is 9.53. The molecule has 0 radical (unpaired) electrons. The zero-order chi connectivity index (χ0) is 41.5. The van der Waals surface area contributed by atoms with Crippen molar-refractivity contribution in [3.63, 3.8) is 0 Å². The molecule has 2 saturated heterocycles. The average Bonchev–Trinajstić information content (AvgIpc) is 3.42. The first kappa shape index (κ1) is 44.7. The van der Waals surface area contributed by atoms with Gasteiger partial charge in [-0.25, -0.2) is 14.4 Å². The number of nitrogens with one attached hydrogen (secondary N) is 1. The molecule has 3 aliphatic heterocycles. The molecule has 2 N–H and O–H groups in total. The Labute approximate surface area is 332 Å². The van der Waals surface area contributed by atoms with Crippen molar-refractivity contribution in [3.8, 4) is 0 Å². The van der Waals surface area contributed by atoms with Gasteiger partial charge in [-0.1, -0.05) is 12.1 Å². The summed E-state index contributed by atoms with van der Waals surface area (Å²) in [5.41, 5.74) is -2.94. The summed E-state index contributed by atoms with van der Waals surface area (Å²) in [6.07, 6.45) is -1.38. The second-order valence-electron chi connectivity index (χ2n) is 18.0. The number of carbonyl (C=O) groups is 5. The molecule has 314 valence electrons. The van der Waals surface area contributed by atoms with E-state index in [1.165, 1.54) is 4.90 Å². The van der Waals surface area contributed by atoms with Gasteiger partial charge in [-0.3, -0.25) is 24.3 Å². The van der Waals surface area contributed by atoms with E-state index in [2.05, 4.69) is 10.2 Å². The molecule has 16 nitrogen and oxygen atoms in total.